The van der Waals surface area contributed by atoms with Crippen molar-refractivity contribution in [3.63, 3.8) is 0 Å². The highest BCUT2D eigenvalue weighted by atomic mass is 35.5. The maximum absolute atomic E-state index is 10.9. The number of benzene rings is 1. The normalized spacial score (nSPS) is 10.6. The summed E-state index contributed by atoms with van der Waals surface area (Å²) in [5.74, 6) is 1.45. The molecule has 94 valence electrons. The predicted octanol–water partition coefficient (Wildman–Crippen LogP) is 2.44. The minimum Gasteiger partial charge on any atom is -0.313 e. The van der Waals surface area contributed by atoms with E-state index in [0.717, 1.165) is 0 Å². The Labute approximate surface area is 108 Å². The number of nitro groups is 1. The van der Waals surface area contributed by atoms with Crippen molar-refractivity contribution in [3.8, 4) is 11.4 Å². The molecule has 0 bridgehead atoms. The van der Waals surface area contributed by atoms with E-state index in [9.17, 15) is 10.1 Å². The van der Waals surface area contributed by atoms with Crippen LogP contribution in [-0.2, 0) is 12.9 Å². The number of nitrogens with zero attached hydrogens (tertiary/aromatic N) is 4. The van der Waals surface area contributed by atoms with Gasteiger partial charge in [-0.1, -0.05) is 12.1 Å². The van der Waals surface area contributed by atoms with Crippen molar-refractivity contribution in [3.05, 3.63) is 39.7 Å². The third kappa shape index (κ3) is 1.95. The molecule has 0 aliphatic heterocycles. The van der Waals surface area contributed by atoms with Gasteiger partial charge in [0, 0.05) is 24.2 Å². The van der Waals surface area contributed by atoms with Gasteiger partial charge in [-0.3, -0.25) is 10.1 Å². The van der Waals surface area contributed by atoms with Crippen molar-refractivity contribution in [2.24, 2.45) is 7.05 Å². The summed E-state index contributed by atoms with van der Waals surface area (Å²) in [5.41, 5.74) is 1.33. The molecule has 0 amide bonds. The molecule has 1 aromatic heterocycles. The van der Waals surface area contributed by atoms with E-state index in [2.05, 4.69) is 10.2 Å². The first-order valence-corrected chi connectivity index (χ1v) is 5.78. The van der Waals surface area contributed by atoms with E-state index in [-0.39, 0.29) is 11.6 Å². The van der Waals surface area contributed by atoms with E-state index in [1.54, 1.807) is 30.7 Å². The Morgan fingerprint density at radius 2 is 2.17 bits per heavy atom. The highest BCUT2D eigenvalue weighted by molar-refractivity contribution is 6.16. The van der Waals surface area contributed by atoms with E-state index in [4.69, 9.17) is 11.6 Å². The Hall–Kier alpha value is -1.95. The van der Waals surface area contributed by atoms with Crippen LogP contribution < -0.4 is 0 Å². The molecule has 6 nitrogen and oxygen atoms in total. The van der Waals surface area contributed by atoms with E-state index in [1.165, 1.54) is 6.07 Å². The molecule has 0 aliphatic rings. The summed E-state index contributed by atoms with van der Waals surface area (Å²) in [6.45, 7) is 1.70. The molecule has 0 aliphatic carbocycles. The fraction of sp³-hybridized carbons (Fsp3) is 0.273. The van der Waals surface area contributed by atoms with Gasteiger partial charge in [0.15, 0.2) is 5.82 Å². The van der Waals surface area contributed by atoms with Gasteiger partial charge in [0.25, 0.3) is 5.69 Å². The van der Waals surface area contributed by atoms with Gasteiger partial charge in [0.1, 0.15) is 5.82 Å². The zero-order valence-electron chi connectivity index (χ0n) is 9.92. The fourth-order valence-corrected chi connectivity index (χ4v) is 2.01. The van der Waals surface area contributed by atoms with E-state index in [0.29, 0.717) is 22.8 Å². The van der Waals surface area contributed by atoms with Crippen molar-refractivity contribution in [1.29, 1.82) is 0 Å². The third-order valence-electron chi connectivity index (χ3n) is 2.83. The molecule has 2 rings (SSSR count). The Kier molecular flexibility index (Phi) is 3.29. The molecule has 1 aromatic carbocycles. The second-order valence-corrected chi connectivity index (χ2v) is 4.11. The van der Waals surface area contributed by atoms with Crippen LogP contribution >= 0.6 is 11.6 Å². The van der Waals surface area contributed by atoms with Crippen LogP contribution in [0.5, 0.6) is 0 Å². The molecule has 0 radical (unpaired) electrons. The molecule has 2 aromatic rings. The molecule has 7 heteroatoms. The van der Waals surface area contributed by atoms with Crippen LogP contribution in [0.1, 0.15) is 11.4 Å². The quantitative estimate of drug-likeness (QED) is 0.486. The van der Waals surface area contributed by atoms with Crippen molar-refractivity contribution >= 4 is 17.3 Å². The van der Waals surface area contributed by atoms with Gasteiger partial charge >= 0.3 is 0 Å². The van der Waals surface area contributed by atoms with Crippen LogP contribution in [0.2, 0.25) is 0 Å². The van der Waals surface area contributed by atoms with Gasteiger partial charge < -0.3 is 4.57 Å². The maximum atomic E-state index is 10.9. The van der Waals surface area contributed by atoms with Gasteiger partial charge in [-0.15, -0.1) is 21.8 Å². The molecule has 0 saturated heterocycles. The minimum absolute atomic E-state index is 0.0722. The number of rotatable bonds is 3. The van der Waals surface area contributed by atoms with Gasteiger partial charge in [-0.25, -0.2) is 0 Å². The topological polar surface area (TPSA) is 73.8 Å². The molecule has 0 N–H and O–H groups in total. The SMILES string of the molecule is Cc1c(-c2nnc(CCl)n2C)cccc1[N+](=O)[O-]. The summed E-state index contributed by atoms with van der Waals surface area (Å²) in [6.07, 6.45) is 0. The number of hydrogen-bond donors (Lipinski definition) is 0. The zero-order chi connectivity index (χ0) is 13.3. The molecular weight excluding hydrogens is 256 g/mol. The lowest BCUT2D eigenvalue weighted by Crippen LogP contribution is -2.00. The van der Waals surface area contributed by atoms with Crippen LogP contribution in [0, 0.1) is 17.0 Å². The highest BCUT2D eigenvalue weighted by Crippen LogP contribution is 2.28. The van der Waals surface area contributed by atoms with Crippen molar-refractivity contribution in [1.82, 2.24) is 14.8 Å². The van der Waals surface area contributed by atoms with Crippen molar-refractivity contribution in [2.75, 3.05) is 0 Å². The van der Waals surface area contributed by atoms with Crippen molar-refractivity contribution in [2.45, 2.75) is 12.8 Å². The standard InChI is InChI=1S/C11H11ClN4O2/c1-7-8(4-3-5-9(7)16(17)18)11-14-13-10(6-12)15(11)2/h3-5H,6H2,1-2H3. The first-order valence-electron chi connectivity index (χ1n) is 5.25. The van der Waals surface area contributed by atoms with Gasteiger partial charge in [-0.05, 0) is 6.92 Å². The van der Waals surface area contributed by atoms with Crippen LogP contribution in [-0.4, -0.2) is 19.7 Å². The molecule has 0 spiro atoms. The van der Waals surface area contributed by atoms with Crippen LogP contribution in [0.3, 0.4) is 0 Å². The maximum Gasteiger partial charge on any atom is 0.273 e. The number of aromatic nitrogens is 3. The first-order chi connectivity index (χ1) is 8.56. The Balaban J connectivity index is 2.61. The number of halogens is 1. The predicted molar refractivity (Wildman–Crippen MR) is 67.4 cm³/mol. The van der Waals surface area contributed by atoms with Crippen LogP contribution in [0.15, 0.2) is 18.2 Å². The highest BCUT2D eigenvalue weighted by Gasteiger charge is 2.18. The van der Waals surface area contributed by atoms with E-state index < -0.39 is 4.92 Å². The zero-order valence-corrected chi connectivity index (χ0v) is 10.7. The lowest BCUT2D eigenvalue weighted by atomic mass is 10.1. The first kappa shape index (κ1) is 12.5. The molecule has 0 unspecified atom stereocenters. The summed E-state index contributed by atoms with van der Waals surface area (Å²) >= 11 is 5.72. The molecule has 0 saturated carbocycles. The number of hydrogen-bond acceptors (Lipinski definition) is 4. The third-order valence-corrected chi connectivity index (χ3v) is 3.07. The lowest BCUT2D eigenvalue weighted by Gasteiger charge is -2.06. The Morgan fingerprint density at radius 3 is 2.72 bits per heavy atom. The van der Waals surface area contributed by atoms with Crippen LogP contribution in [0.4, 0.5) is 5.69 Å². The molecule has 1 heterocycles. The van der Waals surface area contributed by atoms with Gasteiger partial charge in [-0.2, -0.15) is 0 Å². The Bertz CT molecular complexity index is 609. The summed E-state index contributed by atoms with van der Waals surface area (Å²) < 4.78 is 1.74. The fourth-order valence-electron chi connectivity index (χ4n) is 1.78. The monoisotopic (exact) mass is 266 g/mol. The molecule has 0 fully saturated rings. The lowest BCUT2D eigenvalue weighted by molar-refractivity contribution is -0.385. The average Bonchev–Trinajstić information content (AvgIpc) is 2.70. The molecule has 0 atom stereocenters. The summed E-state index contributed by atoms with van der Waals surface area (Å²) in [7, 11) is 1.78. The summed E-state index contributed by atoms with van der Waals surface area (Å²) in [5, 5.41) is 18.9. The largest absolute Gasteiger partial charge is 0.313 e. The second kappa shape index (κ2) is 4.73. The van der Waals surface area contributed by atoms with E-state index >= 15 is 0 Å². The second-order valence-electron chi connectivity index (χ2n) is 3.84. The number of alkyl halides is 1. The molecule has 18 heavy (non-hydrogen) atoms. The Morgan fingerprint density at radius 1 is 1.44 bits per heavy atom. The molecular formula is C11H11ClN4O2. The van der Waals surface area contributed by atoms with Gasteiger partial charge in [0.2, 0.25) is 0 Å². The average molecular weight is 267 g/mol. The smallest absolute Gasteiger partial charge is 0.273 e. The van der Waals surface area contributed by atoms with E-state index in [1.807, 2.05) is 0 Å². The van der Waals surface area contributed by atoms with Crippen molar-refractivity contribution < 1.29 is 4.92 Å². The number of nitro benzene ring substituents is 1. The van der Waals surface area contributed by atoms with Gasteiger partial charge in [0.05, 0.1) is 10.8 Å². The summed E-state index contributed by atoms with van der Waals surface area (Å²) in [4.78, 5) is 10.5. The minimum atomic E-state index is -0.405. The van der Waals surface area contributed by atoms with Crippen LogP contribution in [0.25, 0.3) is 11.4 Å². The summed E-state index contributed by atoms with van der Waals surface area (Å²) in [6, 6.07) is 4.89.